The number of esters is 2. The van der Waals surface area contributed by atoms with E-state index in [0.717, 1.165) is 70.6 Å². The highest BCUT2D eigenvalue weighted by atomic mass is 16.7. The molecule has 6 atom stereocenters. The number of hydrogen-bond acceptors (Lipinski definition) is 10. The molecule has 1 saturated heterocycles. The molecule has 0 aromatic rings. The van der Waals surface area contributed by atoms with Crippen LogP contribution in [0.5, 0.6) is 0 Å². The molecule has 1 aliphatic heterocycles. The van der Waals surface area contributed by atoms with E-state index >= 15 is 0 Å². The third-order valence-electron chi connectivity index (χ3n) is 9.42. The van der Waals surface area contributed by atoms with Crippen LogP contribution in [0, 0.1) is 0 Å². The molecule has 2 unspecified atom stereocenters. The lowest BCUT2D eigenvalue weighted by molar-refractivity contribution is -0.305. The smallest absolute Gasteiger partial charge is 0.306 e. The van der Waals surface area contributed by atoms with Crippen LogP contribution in [0.4, 0.5) is 0 Å². The van der Waals surface area contributed by atoms with Gasteiger partial charge in [-0.3, -0.25) is 9.59 Å². The predicted molar refractivity (Wildman–Crippen MR) is 237 cm³/mol. The highest BCUT2D eigenvalue weighted by Crippen LogP contribution is 2.22. The number of rotatable bonds is 35. The van der Waals surface area contributed by atoms with Crippen molar-refractivity contribution in [3.05, 3.63) is 97.2 Å². The second-order valence-corrected chi connectivity index (χ2v) is 14.8. The van der Waals surface area contributed by atoms with Crippen molar-refractivity contribution in [2.45, 2.75) is 179 Å². The molecule has 10 nitrogen and oxygen atoms in total. The number of aliphatic hydroxyl groups is 4. The summed E-state index contributed by atoms with van der Waals surface area (Å²) < 4.78 is 22.1. The first kappa shape index (κ1) is 53.6. The fraction of sp³-hybridized carbons (Fsp3) is 0.633. The van der Waals surface area contributed by atoms with Gasteiger partial charge in [-0.2, -0.15) is 0 Å². The largest absolute Gasteiger partial charge is 0.462 e. The van der Waals surface area contributed by atoms with Crippen LogP contribution in [0.25, 0.3) is 0 Å². The molecular formula is C49H78O10. The molecule has 334 valence electrons. The van der Waals surface area contributed by atoms with E-state index < -0.39 is 55.4 Å². The molecule has 0 bridgehead atoms. The van der Waals surface area contributed by atoms with Gasteiger partial charge >= 0.3 is 11.9 Å². The van der Waals surface area contributed by atoms with Gasteiger partial charge in [0, 0.05) is 12.8 Å². The van der Waals surface area contributed by atoms with E-state index in [1.54, 1.807) is 0 Å². The molecule has 0 amide bonds. The van der Waals surface area contributed by atoms with Crippen LogP contribution in [0.3, 0.4) is 0 Å². The topological polar surface area (TPSA) is 152 Å². The Kier molecular flexibility index (Phi) is 35.3. The highest BCUT2D eigenvalue weighted by molar-refractivity contribution is 5.70. The minimum absolute atomic E-state index is 0.175. The van der Waals surface area contributed by atoms with Crippen LogP contribution >= 0.6 is 0 Å². The summed E-state index contributed by atoms with van der Waals surface area (Å²) in [6, 6.07) is 0. The summed E-state index contributed by atoms with van der Waals surface area (Å²) in [6.45, 7) is 3.21. The van der Waals surface area contributed by atoms with E-state index in [1.165, 1.54) is 25.7 Å². The molecule has 1 aliphatic rings. The van der Waals surface area contributed by atoms with E-state index in [4.69, 9.17) is 18.9 Å². The number of carbonyl (C=O) groups excluding carboxylic acids is 2. The zero-order valence-corrected chi connectivity index (χ0v) is 36.2. The van der Waals surface area contributed by atoms with Crippen LogP contribution in [0.2, 0.25) is 0 Å². The first-order valence-electron chi connectivity index (χ1n) is 22.3. The Morgan fingerprint density at radius 1 is 0.525 bits per heavy atom. The SMILES string of the molecule is CCC/C=C/C/C=C/C/C=C/C/C=C/CCCCCC(=O)O[C@@H](COC(=O)CCC/C=C/C/C=C/C/C=C/C/C=C/CCCCC)CO[C@H]1O[C@@H](CO)[C@@H](O)C(O)C1O. The minimum atomic E-state index is -1.61. The quantitative estimate of drug-likeness (QED) is 0.0276. The summed E-state index contributed by atoms with van der Waals surface area (Å²) in [4.78, 5) is 25.3. The van der Waals surface area contributed by atoms with Gasteiger partial charge in [-0.15, -0.1) is 0 Å². The number of unbranched alkanes of at least 4 members (excludes halogenated alkanes) is 8. The highest BCUT2D eigenvalue weighted by Gasteiger charge is 2.44. The van der Waals surface area contributed by atoms with Gasteiger partial charge in [-0.05, 0) is 89.9 Å². The van der Waals surface area contributed by atoms with Crippen molar-refractivity contribution in [3.8, 4) is 0 Å². The van der Waals surface area contributed by atoms with Gasteiger partial charge < -0.3 is 39.4 Å². The number of carbonyl (C=O) groups is 2. The molecule has 0 aliphatic carbocycles. The third-order valence-corrected chi connectivity index (χ3v) is 9.42. The molecule has 0 saturated carbocycles. The zero-order valence-electron chi connectivity index (χ0n) is 36.2. The Hall–Kier alpha value is -3.38. The average molecular weight is 827 g/mol. The van der Waals surface area contributed by atoms with E-state index in [0.29, 0.717) is 19.3 Å². The molecule has 10 heteroatoms. The molecule has 0 spiro atoms. The summed E-state index contributed by atoms with van der Waals surface area (Å²) in [6.07, 6.45) is 44.1. The van der Waals surface area contributed by atoms with Gasteiger partial charge in [-0.1, -0.05) is 137 Å². The van der Waals surface area contributed by atoms with Gasteiger partial charge in [0.2, 0.25) is 0 Å². The summed E-state index contributed by atoms with van der Waals surface area (Å²) in [5, 5.41) is 40.1. The first-order chi connectivity index (χ1) is 28.8. The first-order valence-corrected chi connectivity index (χ1v) is 22.3. The Morgan fingerprint density at radius 2 is 1.00 bits per heavy atom. The summed E-state index contributed by atoms with van der Waals surface area (Å²) in [5.41, 5.74) is 0. The lowest BCUT2D eigenvalue weighted by atomic mass is 9.99. The van der Waals surface area contributed by atoms with Gasteiger partial charge in [-0.25, -0.2) is 0 Å². The van der Waals surface area contributed by atoms with Crippen LogP contribution in [-0.2, 0) is 28.5 Å². The fourth-order valence-electron chi connectivity index (χ4n) is 5.88. The van der Waals surface area contributed by atoms with Gasteiger partial charge in [0.25, 0.3) is 0 Å². The van der Waals surface area contributed by atoms with E-state index in [2.05, 4.69) is 105 Å². The van der Waals surface area contributed by atoms with Crippen molar-refractivity contribution in [1.82, 2.24) is 0 Å². The van der Waals surface area contributed by atoms with Crippen molar-refractivity contribution in [1.29, 1.82) is 0 Å². The lowest BCUT2D eigenvalue weighted by Gasteiger charge is -2.39. The number of aliphatic hydroxyl groups excluding tert-OH is 4. The number of allylic oxidation sites excluding steroid dienone is 16. The van der Waals surface area contributed by atoms with E-state index in [-0.39, 0.29) is 26.1 Å². The Balaban J connectivity index is 2.42. The van der Waals surface area contributed by atoms with Gasteiger partial charge in [0.05, 0.1) is 13.2 Å². The van der Waals surface area contributed by atoms with E-state index in [9.17, 15) is 30.0 Å². The van der Waals surface area contributed by atoms with Crippen LogP contribution < -0.4 is 0 Å². The summed E-state index contributed by atoms with van der Waals surface area (Å²) in [5.74, 6) is -0.920. The molecule has 0 radical (unpaired) electrons. The lowest BCUT2D eigenvalue weighted by Crippen LogP contribution is -2.59. The maximum Gasteiger partial charge on any atom is 0.306 e. The molecule has 0 aromatic heterocycles. The van der Waals surface area contributed by atoms with Crippen molar-refractivity contribution < 1.29 is 49.0 Å². The molecule has 4 N–H and O–H groups in total. The predicted octanol–water partition coefficient (Wildman–Crippen LogP) is 9.55. The zero-order chi connectivity index (χ0) is 43.0. The Labute approximate surface area is 356 Å². The van der Waals surface area contributed by atoms with Gasteiger partial charge in [0.15, 0.2) is 12.4 Å². The molecular weight excluding hydrogens is 749 g/mol. The van der Waals surface area contributed by atoms with Crippen molar-refractivity contribution in [3.63, 3.8) is 0 Å². The fourth-order valence-corrected chi connectivity index (χ4v) is 5.88. The van der Waals surface area contributed by atoms with Crippen molar-refractivity contribution in [2.24, 2.45) is 0 Å². The maximum absolute atomic E-state index is 12.8. The second-order valence-electron chi connectivity index (χ2n) is 14.8. The van der Waals surface area contributed by atoms with Gasteiger partial charge in [0.1, 0.15) is 31.0 Å². The Morgan fingerprint density at radius 3 is 1.51 bits per heavy atom. The summed E-state index contributed by atoms with van der Waals surface area (Å²) in [7, 11) is 0. The summed E-state index contributed by atoms with van der Waals surface area (Å²) >= 11 is 0. The van der Waals surface area contributed by atoms with Crippen LogP contribution in [0.1, 0.15) is 142 Å². The van der Waals surface area contributed by atoms with Crippen LogP contribution in [-0.4, -0.2) is 89.0 Å². The maximum atomic E-state index is 12.8. The molecule has 0 aromatic carbocycles. The molecule has 1 fully saturated rings. The third kappa shape index (κ3) is 30.3. The van der Waals surface area contributed by atoms with Crippen molar-refractivity contribution >= 4 is 11.9 Å². The second kappa shape index (κ2) is 38.8. The molecule has 1 heterocycles. The Bertz CT molecular complexity index is 1280. The molecule has 1 rings (SSSR count). The van der Waals surface area contributed by atoms with E-state index in [1.807, 2.05) is 6.08 Å². The van der Waals surface area contributed by atoms with Crippen LogP contribution in [0.15, 0.2) is 97.2 Å². The van der Waals surface area contributed by atoms with Crippen molar-refractivity contribution in [2.75, 3.05) is 19.8 Å². The normalized spacial score (nSPS) is 20.9. The number of hydrogen-bond donors (Lipinski definition) is 4. The average Bonchev–Trinajstić information content (AvgIpc) is 3.23. The minimum Gasteiger partial charge on any atom is -0.462 e. The molecule has 59 heavy (non-hydrogen) atoms. The monoisotopic (exact) mass is 827 g/mol. The standard InChI is InChI=1S/C49H78O10/c1-3-5-7-9-11-13-15-17-19-21-23-25-27-29-31-33-35-37-44(51)56-40-42(41-57-49-48(55)47(54)46(53)43(39-50)59-49)58-45(52)38-36-34-32-30-28-26-24-22-20-18-16-14-12-10-8-6-4-2/h8,10-11,13-14,16-17,19-20,22-23,25-26,28-29,31,42-43,46-50,53-55H,3-7,9,12,15,18,21,24,27,30,32-41H2,1-2H3/b10-8+,13-11+,16-14+,19-17+,22-20+,25-23+,28-26+,31-29+/t42-,43-,46+,47?,48?,49-/m0/s1. The number of ether oxygens (including phenoxy) is 4.